The van der Waals surface area contributed by atoms with Crippen LogP contribution in [0.4, 0.5) is 0 Å². The van der Waals surface area contributed by atoms with Gasteiger partial charge in [-0.05, 0) is 58.3 Å². The van der Waals surface area contributed by atoms with E-state index in [0.717, 1.165) is 60.5 Å². The van der Waals surface area contributed by atoms with Crippen molar-refractivity contribution in [2.45, 2.75) is 0 Å². The Hall–Kier alpha value is -5.78. The van der Waals surface area contributed by atoms with Gasteiger partial charge in [-0.1, -0.05) is 54.6 Å². The molecule has 5 nitrogen and oxygen atoms in total. The van der Waals surface area contributed by atoms with Gasteiger partial charge in [0, 0.05) is 52.4 Å². The topological polar surface area (TPSA) is 78.3 Å². The Morgan fingerprint density at radius 1 is 0.538 bits per heavy atom. The van der Waals surface area contributed by atoms with Crippen molar-refractivity contribution in [3.05, 3.63) is 127 Å². The first-order chi connectivity index (χ1) is 19.2. The standard InChI is InChI=1S/C34H19N5/c35-16-22-12-25(20-37-18-22)24-10-11-30-32(14-24)39(27-6-2-1-3-7-27)33-15-31(26-13-23(17-36)19-38-21-26)28-8-4-5-9-29(28)34(30)33/h1-15,18-21H. The van der Waals surface area contributed by atoms with E-state index in [4.69, 9.17) is 0 Å². The van der Waals surface area contributed by atoms with Gasteiger partial charge in [0.25, 0.3) is 0 Å². The summed E-state index contributed by atoms with van der Waals surface area (Å²) in [6, 6.07) is 35.5. The van der Waals surface area contributed by atoms with Crippen LogP contribution in [-0.4, -0.2) is 14.5 Å². The number of nitriles is 2. The molecule has 7 rings (SSSR count). The molecule has 0 unspecified atom stereocenters. The van der Waals surface area contributed by atoms with Crippen molar-refractivity contribution in [1.82, 2.24) is 14.5 Å². The van der Waals surface area contributed by atoms with Crippen molar-refractivity contribution >= 4 is 32.6 Å². The summed E-state index contributed by atoms with van der Waals surface area (Å²) < 4.78 is 2.28. The molecule has 4 aromatic carbocycles. The largest absolute Gasteiger partial charge is 0.309 e. The molecular weight excluding hydrogens is 478 g/mol. The van der Waals surface area contributed by atoms with Crippen LogP contribution in [0, 0.1) is 22.7 Å². The monoisotopic (exact) mass is 497 g/mol. The van der Waals surface area contributed by atoms with Crippen molar-refractivity contribution in [3.63, 3.8) is 0 Å². The van der Waals surface area contributed by atoms with Gasteiger partial charge in [0.1, 0.15) is 12.1 Å². The first-order valence-electron chi connectivity index (χ1n) is 12.5. The lowest BCUT2D eigenvalue weighted by Crippen LogP contribution is -1.94. The maximum atomic E-state index is 9.52. The molecule has 0 saturated heterocycles. The highest BCUT2D eigenvalue weighted by Gasteiger charge is 2.19. The molecule has 39 heavy (non-hydrogen) atoms. The summed E-state index contributed by atoms with van der Waals surface area (Å²) in [4.78, 5) is 8.62. The van der Waals surface area contributed by atoms with Gasteiger partial charge in [-0.3, -0.25) is 9.97 Å². The SMILES string of the molecule is N#Cc1cncc(-c2ccc3c4c5ccccc5c(-c5cncc(C#N)c5)cc4n(-c4ccccc4)c3c2)c1. The summed E-state index contributed by atoms with van der Waals surface area (Å²) in [7, 11) is 0. The fourth-order valence-corrected chi connectivity index (χ4v) is 5.46. The number of nitrogens with zero attached hydrogens (tertiary/aromatic N) is 5. The Morgan fingerprint density at radius 2 is 1.21 bits per heavy atom. The van der Waals surface area contributed by atoms with E-state index in [9.17, 15) is 10.5 Å². The smallest absolute Gasteiger partial charge is 0.101 e. The highest BCUT2D eigenvalue weighted by molar-refractivity contribution is 6.24. The van der Waals surface area contributed by atoms with E-state index in [-0.39, 0.29) is 0 Å². The second-order valence-electron chi connectivity index (χ2n) is 9.41. The van der Waals surface area contributed by atoms with Crippen LogP contribution in [0.2, 0.25) is 0 Å². The molecule has 0 spiro atoms. The molecule has 0 fully saturated rings. The van der Waals surface area contributed by atoms with Crippen LogP contribution in [0.1, 0.15) is 11.1 Å². The predicted molar refractivity (Wildman–Crippen MR) is 154 cm³/mol. The molecule has 0 aliphatic carbocycles. The molecule has 0 amide bonds. The second-order valence-corrected chi connectivity index (χ2v) is 9.41. The van der Waals surface area contributed by atoms with E-state index in [1.807, 2.05) is 42.6 Å². The molecular formula is C34H19N5. The third kappa shape index (κ3) is 3.62. The molecule has 5 heteroatoms. The molecule has 3 aromatic heterocycles. The molecule has 0 bridgehead atoms. The molecule has 0 N–H and O–H groups in total. The number of fused-ring (bicyclic) bond motifs is 5. The van der Waals surface area contributed by atoms with Crippen LogP contribution < -0.4 is 0 Å². The second kappa shape index (κ2) is 8.95. The van der Waals surface area contributed by atoms with E-state index in [2.05, 4.69) is 81.3 Å². The molecule has 0 atom stereocenters. The Morgan fingerprint density at radius 3 is 1.95 bits per heavy atom. The third-order valence-electron chi connectivity index (χ3n) is 7.17. The zero-order chi connectivity index (χ0) is 26.3. The molecule has 0 aliphatic heterocycles. The molecule has 0 radical (unpaired) electrons. The highest BCUT2D eigenvalue weighted by Crippen LogP contribution is 2.42. The van der Waals surface area contributed by atoms with Crippen LogP contribution in [0.25, 0.3) is 60.5 Å². The number of rotatable bonds is 3. The zero-order valence-corrected chi connectivity index (χ0v) is 20.7. The van der Waals surface area contributed by atoms with Gasteiger partial charge in [0.05, 0.1) is 22.2 Å². The Bertz CT molecular complexity index is 2140. The minimum Gasteiger partial charge on any atom is -0.309 e. The molecule has 7 aromatic rings. The summed E-state index contributed by atoms with van der Waals surface area (Å²) in [5, 5.41) is 23.5. The van der Waals surface area contributed by atoms with Crippen LogP contribution in [0.3, 0.4) is 0 Å². The molecule has 180 valence electrons. The maximum absolute atomic E-state index is 9.52. The Kier molecular flexibility index (Phi) is 5.15. The van der Waals surface area contributed by atoms with Crippen molar-refractivity contribution in [2.75, 3.05) is 0 Å². The van der Waals surface area contributed by atoms with Crippen molar-refractivity contribution in [1.29, 1.82) is 10.5 Å². The summed E-state index contributed by atoms with van der Waals surface area (Å²) in [6.45, 7) is 0. The first-order valence-corrected chi connectivity index (χ1v) is 12.5. The fourth-order valence-electron chi connectivity index (χ4n) is 5.46. The normalized spacial score (nSPS) is 11.0. The van der Waals surface area contributed by atoms with Gasteiger partial charge in [-0.25, -0.2) is 0 Å². The van der Waals surface area contributed by atoms with Crippen LogP contribution in [0.15, 0.2) is 116 Å². The van der Waals surface area contributed by atoms with Gasteiger partial charge in [-0.2, -0.15) is 10.5 Å². The Balaban J connectivity index is 1.63. The van der Waals surface area contributed by atoms with Gasteiger partial charge < -0.3 is 4.57 Å². The summed E-state index contributed by atoms with van der Waals surface area (Å²) >= 11 is 0. The fraction of sp³-hybridized carbons (Fsp3) is 0. The number of hydrogen-bond acceptors (Lipinski definition) is 4. The number of benzene rings is 4. The minimum absolute atomic E-state index is 0.526. The van der Waals surface area contributed by atoms with E-state index < -0.39 is 0 Å². The lowest BCUT2D eigenvalue weighted by atomic mass is 9.95. The third-order valence-corrected chi connectivity index (χ3v) is 7.17. The lowest BCUT2D eigenvalue weighted by Gasteiger charge is -2.12. The number of aromatic nitrogens is 3. The van der Waals surface area contributed by atoms with Crippen LogP contribution in [-0.2, 0) is 0 Å². The van der Waals surface area contributed by atoms with E-state index in [1.165, 1.54) is 0 Å². The van der Waals surface area contributed by atoms with Gasteiger partial charge >= 0.3 is 0 Å². The zero-order valence-electron chi connectivity index (χ0n) is 20.7. The average Bonchev–Trinajstić information content (AvgIpc) is 3.34. The van der Waals surface area contributed by atoms with Gasteiger partial charge in [-0.15, -0.1) is 0 Å². The van der Waals surface area contributed by atoms with Crippen molar-refractivity contribution in [3.8, 4) is 40.1 Å². The van der Waals surface area contributed by atoms with Gasteiger partial charge in [0.15, 0.2) is 0 Å². The minimum atomic E-state index is 0.526. The Labute approximate surface area is 224 Å². The van der Waals surface area contributed by atoms with Gasteiger partial charge in [0.2, 0.25) is 0 Å². The first kappa shape index (κ1) is 22.4. The summed E-state index contributed by atoms with van der Waals surface area (Å²) in [5.41, 5.74) is 8.02. The summed E-state index contributed by atoms with van der Waals surface area (Å²) in [5.74, 6) is 0. The quantitative estimate of drug-likeness (QED) is 0.249. The maximum Gasteiger partial charge on any atom is 0.101 e. The number of pyridine rings is 2. The summed E-state index contributed by atoms with van der Waals surface area (Å²) in [6.07, 6.45) is 6.77. The van der Waals surface area contributed by atoms with Crippen molar-refractivity contribution < 1.29 is 0 Å². The number of para-hydroxylation sites is 1. The van der Waals surface area contributed by atoms with E-state index in [0.29, 0.717) is 11.1 Å². The lowest BCUT2D eigenvalue weighted by molar-refractivity contribution is 1.18. The number of hydrogen-bond donors (Lipinski definition) is 0. The average molecular weight is 498 g/mol. The molecule has 0 saturated carbocycles. The van der Waals surface area contributed by atoms with Crippen LogP contribution >= 0.6 is 0 Å². The molecule has 3 heterocycles. The molecule has 0 aliphatic rings. The van der Waals surface area contributed by atoms with Crippen LogP contribution in [0.5, 0.6) is 0 Å². The van der Waals surface area contributed by atoms with E-state index >= 15 is 0 Å². The van der Waals surface area contributed by atoms with Crippen molar-refractivity contribution in [2.24, 2.45) is 0 Å². The van der Waals surface area contributed by atoms with E-state index in [1.54, 1.807) is 18.6 Å². The predicted octanol–water partition coefficient (Wildman–Crippen LogP) is 7.80. The highest BCUT2D eigenvalue weighted by atomic mass is 15.0.